The standard InChI is InChI=1S/C14H23N3O2/c1-13(2,3)19-12-10(15)4-5-11(17-12)16-8-14(9-18)6-7-14/h4-5,18H,6-9,15H2,1-3H3,(H,16,17). The number of hydrogen-bond donors (Lipinski definition) is 3. The van der Waals surface area contributed by atoms with Crippen molar-refractivity contribution in [2.45, 2.75) is 39.2 Å². The molecule has 0 aromatic carbocycles. The molecule has 2 rings (SSSR count). The molecule has 0 aliphatic heterocycles. The van der Waals surface area contributed by atoms with Crippen LogP contribution >= 0.6 is 0 Å². The first-order chi connectivity index (χ1) is 8.84. The first-order valence-corrected chi connectivity index (χ1v) is 6.64. The average Bonchev–Trinajstić information content (AvgIpc) is 3.09. The third-order valence-corrected chi connectivity index (χ3v) is 3.23. The Kier molecular flexibility index (Phi) is 3.58. The quantitative estimate of drug-likeness (QED) is 0.759. The summed E-state index contributed by atoms with van der Waals surface area (Å²) in [6.07, 6.45) is 2.13. The second kappa shape index (κ2) is 4.89. The highest BCUT2D eigenvalue weighted by Gasteiger charge is 2.41. The van der Waals surface area contributed by atoms with Crippen LogP contribution < -0.4 is 15.8 Å². The van der Waals surface area contributed by atoms with Gasteiger partial charge in [-0.1, -0.05) is 0 Å². The zero-order valence-corrected chi connectivity index (χ0v) is 11.9. The molecule has 0 saturated heterocycles. The molecule has 19 heavy (non-hydrogen) atoms. The van der Waals surface area contributed by atoms with Crippen molar-refractivity contribution in [1.29, 1.82) is 0 Å². The first-order valence-electron chi connectivity index (χ1n) is 6.64. The van der Waals surface area contributed by atoms with Gasteiger partial charge in [0, 0.05) is 12.0 Å². The molecule has 5 heteroatoms. The molecule has 1 aromatic heterocycles. The number of rotatable bonds is 5. The number of nitrogens with two attached hydrogens (primary N) is 1. The molecule has 0 spiro atoms. The van der Waals surface area contributed by atoms with Crippen molar-refractivity contribution in [3.05, 3.63) is 12.1 Å². The predicted molar refractivity (Wildman–Crippen MR) is 76.3 cm³/mol. The minimum atomic E-state index is -0.331. The van der Waals surface area contributed by atoms with Crippen molar-refractivity contribution in [3.63, 3.8) is 0 Å². The van der Waals surface area contributed by atoms with Gasteiger partial charge in [0.05, 0.1) is 12.3 Å². The SMILES string of the molecule is CC(C)(C)Oc1nc(NCC2(CO)CC2)ccc1N. The van der Waals surface area contributed by atoms with E-state index in [9.17, 15) is 5.11 Å². The van der Waals surface area contributed by atoms with E-state index < -0.39 is 0 Å². The third kappa shape index (κ3) is 3.73. The van der Waals surface area contributed by atoms with E-state index in [2.05, 4.69) is 10.3 Å². The van der Waals surface area contributed by atoms with Gasteiger partial charge in [-0.2, -0.15) is 4.98 Å². The number of anilines is 2. The molecule has 1 fully saturated rings. The Morgan fingerprint density at radius 1 is 1.42 bits per heavy atom. The van der Waals surface area contributed by atoms with Crippen molar-refractivity contribution in [2.75, 3.05) is 24.2 Å². The Bertz CT molecular complexity index is 450. The van der Waals surface area contributed by atoms with E-state index in [0.29, 0.717) is 11.6 Å². The van der Waals surface area contributed by atoms with Crippen molar-refractivity contribution in [2.24, 2.45) is 5.41 Å². The lowest BCUT2D eigenvalue weighted by atomic mass is 10.1. The van der Waals surface area contributed by atoms with Crippen LogP contribution in [0.1, 0.15) is 33.6 Å². The van der Waals surface area contributed by atoms with Crippen LogP contribution in [0.15, 0.2) is 12.1 Å². The van der Waals surface area contributed by atoms with Crippen LogP contribution in [-0.2, 0) is 0 Å². The van der Waals surface area contributed by atoms with E-state index in [0.717, 1.165) is 25.2 Å². The first kappa shape index (κ1) is 13.9. The maximum Gasteiger partial charge on any atom is 0.239 e. The lowest BCUT2D eigenvalue weighted by Crippen LogP contribution is -2.24. The Hall–Kier alpha value is -1.49. The smallest absolute Gasteiger partial charge is 0.239 e. The third-order valence-electron chi connectivity index (χ3n) is 3.23. The van der Waals surface area contributed by atoms with Gasteiger partial charge in [-0.25, -0.2) is 0 Å². The lowest BCUT2D eigenvalue weighted by Gasteiger charge is -2.22. The molecule has 1 aliphatic carbocycles. The van der Waals surface area contributed by atoms with Crippen LogP contribution in [0.3, 0.4) is 0 Å². The zero-order chi connectivity index (χ0) is 14.1. The topological polar surface area (TPSA) is 80.4 Å². The van der Waals surface area contributed by atoms with Crippen molar-refractivity contribution >= 4 is 11.5 Å². The average molecular weight is 265 g/mol. The van der Waals surface area contributed by atoms with Gasteiger partial charge < -0.3 is 20.9 Å². The highest BCUT2D eigenvalue weighted by Crippen LogP contribution is 2.44. The number of aliphatic hydroxyl groups is 1. The lowest BCUT2D eigenvalue weighted by molar-refractivity contribution is 0.125. The Morgan fingerprint density at radius 3 is 2.63 bits per heavy atom. The fourth-order valence-corrected chi connectivity index (χ4v) is 1.77. The molecule has 106 valence electrons. The van der Waals surface area contributed by atoms with Gasteiger partial charge in [0.15, 0.2) is 0 Å². The van der Waals surface area contributed by atoms with Crippen LogP contribution in [0.25, 0.3) is 0 Å². The summed E-state index contributed by atoms with van der Waals surface area (Å²) in [5, 5.41) is 12.5. The summed E-state index contributed by atoms with van der Waals surface area (Å²) in [7, 11) is 0. The monoisotopic (exact) mass is 265 g/mol. The van der Waals surface area contributed by atoms with Gasteiger partial charge in [-0.05, 0) is 45.7 Å². The minimum Gasteiger partial charge on any atom is -0.470 e. The van der Waals surface area contributed by atoms with Crippen molar-refractivity contribution in [1.82, 2.24) is 4.98 Å². The highest BCUT2D eigenvalue weighted by atomic mass is 16.5. The van der Waals surface area contributed by atoms with Crippen LogP contribution in [0, 0.1) is 5.41 Å². The Labute approximate surface area is 114 Å². The molecule has 0 atom stereocenters. The summed E-state index contributed by atoms with van der Waals surface area (Å²) in [6.45, 7) is 6.83. The van der Waals surface area contributed by atoms with Gasteiger partial charge in [0.1, 0.15) is 11.4 Å². The van der Waals surface area contributed by atoms with Crippen LogP contribution in [0.5, 0.6) is 5.88 Å². The molecule has 0 bridgehead atoms. The maximum absolute atomic E-state index is 9.28. The summed E-state index contributed by atoms with van der Waals surface area (Å²) in [5.74, 6) is 1.18. The number of pyridine rings is 1. The molecule has 1 aromatic rings. The molecular weight excluding hydrogens is 242 g/mol. The predicted octanol–water partition coefficient (Wildman–Crippen LogP) is 2.03. The molecule has 1 saturated carbocycles. The maximum atomic E-state index is 9.28. The van der Waals surface area contributed by atoms with Crippen LogP contribution in [0.2, 0.25) is 0 Å². The number of hydrogen-bond acceptors (Lipinski definition) is 5. The molecule has 5 nitrogen and oxygen atoms in total. The molecule has 4 N–H and O–H groups in total. The summed E-state index contributed by atoms with van der Waals surface area (Å²) in [4.78, 5) is 4.38. The highest BCUT2D eigenvalue weighted by molar-refractivity contribution is 5.53. The summed E-state index contributed by atoms with van der Waals surface area (Å²) in [6, 6.07) is 3.62. The molecule has 0 radical (unpaired) electrons. The number of nitrogen functional groups attached to an aromatic ring is 1. The van der Waals surface area contributed by atoms with Crippen LogP contribution in [0.4, 0.5) is 11.5 Å². The van der Waals surface area contributed by atoms with E-state index in [1.165, 1.54) is 0 Å². The Morgan fingerprint density at radius 2 is 2.11 bits per heavy atom. The number of nitrogens with one attached hydrogen (secondary N) is 1. The van der Waals surface area contributed by atoms with Gasteiger partial charge in [0.25, 0.3) is 0 Å². The molecular formula is C14H23N3O2. The molecule has 1 heterocycles. The van der Waals surface area contributed by atoms with E-state index in [1.54, 1.807) is 6.07 Å². The van der Waals surface area contributed by atoms with E-state index in [-0.39, 0.29) is 17.6 Å². The van der Waals surface area contributed by atoms with E-state index in [4.69, 9.17) is 10.5 Å². The van der Waals surface area contributed by atoms with Gasteiger partial charge >= 0.3 is 0 Å². The van der Waals surface area contributed by atoms with Crippen molar-refractivity contribution < 1.29 is 9.84 Å². The number of aromatic nitrogens is 1. The normalized spacial score (nSPS) is 17.1. The van der Waals surface area contributed by atoms with E-state index in [1.807, 2.05) is 26.8 Å². The summed E-state index contributed by atoms with van der Waals surface area (Å²) < 4.78 is 5.72. The number of nitrogens with zero attached hydrogens (tertiary/aromatic N) is 1. The summed E-state index contributed by atoms with van der Waals surface area (Å²) in [5.41, 5.74) is 6.11. The zero-order valence-electron chi connectivity index (χ0n) is 11.9. The number of aliphatic hydroxyl groups excluding tert-OH is 1. The number of ether oxygens (including phenoxy) is 1. The summed E-state index contributed by atoms with van der Waals surface area (Å²) >= 11 is 0. The molecule has 0 amide bonds. The van der Waals surface area contributed by atoms with Crippen molar-refractivity contribution in [3.8, 4) is 5.88 Å². The largest absolute Gasteiger partial charge is 0.470 e. The van der Waals surface area contributed by atoms with Gasteiger partial charge in [-0.15, -0.1) is 0 Å². The second-order valence-electron chi connectivity index (χ2n) is 6.32. The second-order valence-corrected chi connectivity index (χ2v) is 6.32. The fourth-order valence-electron chi connectivity index (χ4n) is 1.77. The van der Waals surface area contributed by atoms with Crippen LogP contribution in [-0.4, -0.2) is 28.8 Å². The van der Waals surface area contributed by atoms with E-state index >= 15 is 0 Å². The minimum absolute atomic E-state index is 0.0497. The van der Waals surface area contributed by atoms with Gasteiger partial charge in [0.2, 0.25) is 5.88 Å². The molecule has 0 unspecified atom stereocenters. The van der Waals surface area contributed by atoms with Gasteiger partial charge in [-0.3, -0.25) is 0 Å². The fraction of sp³-hybridized carbons (Fsp3) is 0.643. The Balaban J connectivity index is 2.03. The molecule has 1 aliphatic rings.